The van der Waals surface area contributed by atoms with Crippen LogP contribution in [0.25, 0.3) is 0 Å². The quantitative estimate of drug-likeness (QED) is 0.278. The van der Waals surface area contributed by atoms with Gasteiger partial charge in [-0.05, 0) is 0 Å². The van der Waals surface area contributed by atoms with Crippen LogP contribution in [0.2, 0.25) is 0 Å². The van der Waals surface area contributed by atoms with Crippen LogP contribution in [0, 0.1) is 41.5 Å². The third-order valence-corrected chi connectivity index (χ3v) is 21.0. The Kier molecular flexibility index (Phi) is 16.5. The molecule has 0 bridgehead atoms. The van der Waals surface area contributed by atoms with Crippen molar-refractivity contribution in [1.82, 2.24) is 10.6 Å². The van der Waals surface area contributed by atoms with Crippen molar-refractivity contribution >= 4 is 17.2 Å². The molecule has 2 nitrogen and oxygen atoms in total. The van der Waals surface area contributed by atoms with Crippen LogP contribution in [0.15, 0.2) is 66.0 Å². The zero-order valence-corrected chi connectivity index (χ0v) is 37.0. The zero-order chi connectivity index (χ0) is 35.3. The molecule has 0 amide bonds. The molecule has 0 spiro atoms. The fourth-order valence-electron chi connectivity index (χ4n) is 11.7. The van der Waals surface area contributed by atoms with Crippen molar-refractivity contribution in [2.24, 2.45) is 0 Å². The Hall–Kier alpha value is -1.50. The van der Waals surface area contributed by atoms with Gasteiger partial charge >= 0.3 is 317 Å². The first-order chi connectivity index (χ1) is 24.2. The number of nitrogens with one attached hydrogen (secondary N) is 2. The van der Waals surface area contributed by atoms with Gasteiger partial charge in [0.05, 0.1) is 0 Å². The normalized spacial score (nSPS) is 21.4. The predicted molar refractivity (Wildman–Crippen MR) is 218 cm³/mol. The molecule has 52 heavy (non-hydrogen) atoms. The first-order valence-corrected chi connectivity index (χ1v) is 23.3. The molecule has 7 rings (SSSR count). The number of hydrogen-bond acceptors (Lipinski definition) is 2. The van der Waals surface area contributed by atoms with Gasteiger partial charge in [0.1, 0.15) is 0 Å². The van der Waals surface area contributed by atoms with Gasteiger partial charge in [-0.15, -0.1) is 0 Å². The number of hydrogen-bond donors (Lipinski definition) is 2. The summed E-state index contributed by atoms with van der Waals surface area (Å²) in [7, 11) is -2.07. The van der Waals surface area contributed by atoms with E-state index in [1.807, 2.05) is 28.1 Å². The monoisotopic (exact) mass is 848 g/mol. The van der Waals surface area contributed by atoms with E-state index in [1.54, 1.807) is 22.3 Å². The first kappa shape index (κ1) is 43.2. The summed E-state index contributed by atoms with van der Waals surface area (Å²) in [4.78, 5) is 0. The molecule has 1 saturated heterocycles. The van der Waals surface area contributed by atoms with Crippen molar-refractivity contribution in [3.05, 3.63) is 110 Å². The molecule has 0 radical (unpaired) electrons. The van der Waals surface area contributed by atoms with E-state index in [9.17, 15) is 0 Å². The number of aryl methyl sites for hydroxylation is 6. The fraction of sp³-hybridized carbons (Fsp3) is 0.543. The van der Waals surface area contributed by atoms with E-state index in [0.717, 1.165) is 30.1 Å². The van der Waals surface area contributed by atoms with E-state index in [-0.39, 0.29) is 24.8 Å². The van der Waals surface area contributed by atoms with E-state index in [4.69, 9.17) is 0 Å². The minimum atomic E-state index is -2.07. The molecule has 2 atom stereocenters. The molecule has 1 aliphatic heterocycles. The van der Waals surface area contributed by atoms with Gasteiger partial charge in [-0.25, -0.2) is 0 Å². The van der Waals surface area contributed by atoms with E-state index in [2.05, 4.69) is 106 Å². The summed E-state index contributed by atoms with van der Waals surface area (Å²) in [5.74, 6) is 1.93. The predicted octanol–water partition coefficient (Wildman–Crippen LogP) is 4.71. The Balaban J connectivity index is 0.000000537. The van der Waals surface area contributed by atoms with Crippen molar-refractivity contribution in [3.63, 3.8) is 0 Å². The summed E-state index contributed by atoms with van der Waals surface area (Å²) in [6, 6.07) is 20.4. The van der Waals surface area contributed by atoms with Gasteiger partial charge in [0.25, 0.3) is 0 Å². The molecule has 2 N–H and O–H groups in total. The summed E-state index contributed by atoms with van der Waals surface area (Å²) in [5.41, 5.74) is 16.5. The third kappa shape index (κ3) is 9.13. The summed E-state index contributed by atoms with van der Waals surface area (Å²) < 4.78 is 2.01. The molecule has 3 saturated carbocycles. The number of rotatable bonds is 6. The van der Waals surface area contributed by atoms with Crippen molar-refractivity contribution < 1.29 is 42.7 Å². The van der Waals surface area contributed by atoms with Crippen LogP contribution in [-0.2, 0) is 17.9 Å². The van der Waals surface area contributed by atoms with Gasteiger partial charge in [0.2, 0.25) is 0 Å². The van der Waals surface area contributed by atoms with Crippen LogP contribution in [-0.4, -0.2) is 34.7 Å². The Morgan fingerprint density at radius 2 is 1.10 bits per heavy atom. The second-order valence-electron chi connectivity index (χ2n) is 16.4. The molecule has 286 valence electrons. The molecule has 6 heteroatoms. The molecule has 3 aromatic carbocycles. The first-order valence-electron chi connectivity index (χ1n) is 20.1. The molecular formula is C46H65Cl2N2PRu. The summed E-state index contributed by atoms with van der Waals surface area (Å²) >= 11 is 2.48. The fourth-order valence-corrected chi connectivity index (χ4v) is 20.9. The van der Waals surface area contributed by atoms with Crippen LogP contribution in [0.3, 0.4) is 0 Å². The molecule has 0 aromatic heterocycles. The maximum absolute atomic E-state index is 3.86. The van der Waals surface area contributed by atoms with Crippen LogP contribution in [0.1, 0.15) is 134 Å². The average molecular weight is 849 g/mol. The Morgan fingerprint density at radius 3 is 1.56 bits per heavy atom. The van der Waals surface area contributed by atoms with Gasteiger partial charge in [0, 0.05) is 0 Å². The Morgan fingerprint density at radius 1 is 0.615 bits per heavy atom. The van der Waals surface area contributed by atoms with Crippen molar-refractivity contribution in [1.29, 1.82) is 0 Å². The maximum atomic E-state index is 3.86. The Bertz CT molecular complexity index is 1590. The van der Waals surface area contributed by atoms with Gasteiger partial charge < -0.3 is 24.8 Å². The molecule has 3 aliphatic carbocycles. The number of allylic oxidation sites excluding steroid dienone is 1. The third-order valence-electron chi connectivity index (χ3n) is 13.0. The summed E-state index contributed by atoms with van der Waals surface area (Å²) in [6.07, 6.45) is 18.6. The molecule has 4 fully saturated rings. The van der Waals surface area contributed by atoms with Crippen LogP contribution >= 0.6 is 7.26 Å². The molecular weight excluding hydrogens is 783 g/mol. The van der Waals surface area contributed by atoms with Crippen molar-refractivity contribution in [3.8, 4) is 0 Å². The average Bonchev–Trinajstić information content (AvgIpc) is 3.66. The van der Waals surface area contributed by atoms with Gasteiger partial charge in [-0.2, -0.15) is 0 Å². The zero-order valence-electron chi connectivity index (χ0n) is 32.8. The van der Waals surface area contributed by atoms with E-state index in [0.29, 0.717) is 5.92 Å². The molecule has 2 unspecified atom stereocenters. The minimum absolute atomic E-state index is 0. The van der Waals surface area contributed by atoms with Gasteiger partial charge in [0.15, 0.2) is 0 Å². The van der Waals surface area contributed by atoms with E-state index < -0.39 is 7.26 Å². The van der Waals surface area contributed by atoms with Crippen LogP contribution in [0.4, 0.5) is 0 Å². The summed E-state index contributed by atoms with van der Waals surface area (Å²) in [5, 5.41) is 9.64. The second-order valence-corrected chi connectivity index (χ2v) is 21.7. The number of halogens is 2. The SMILES string of the molecule is Cc1cc(C)c(C2C(=C3NCCN3)CCCC2[PH](c2c(C)cc(C)cc2C)(C2CCCCC2)C2CCCCC2)c(C)c1.[Cl-].[Cl-].[Ru+2]=[CH]c1ccccc1. The molecule has 3 aromatic rings. The van der Waals surface area contributed by atoms with E-state index >= 15 is 0 Å². The topological polar surface area (TPSA) is 24.1 Å². The van der Waals surface area contributed by atoms with Gasteiger partial charge in [-0.3, -0.25) is 0 Å². The van der Waals surface area contributed by atoms with Crippen LogP contribution in [0.5, 0.6) is 0 Å². The van der Waals surface area contributed by atoms with Crippen molar-refractivity contribution in [2.45, 2.75) is 148 Å². The second kappa shape index (κ2) is 19.9. The Labute approximate surface area is 339 Å². The van der Waals surface area contributed by atoms with Crippen molar-refractivity contribution in [2.75, 3.05) is 13.1 Å². The standard InChI is InChI=1S/C39H59N2P.C7H6.2ClH.Ru/c1-26-22-28(3)36(29(4)23-26)37-34(39-40-20-21-41-39)18-13-19-35(37)42(32-14-9-7-10-15-32,33-16-11-8-12-17-33)38-30(5)24-27(2)25-31(38)6;1-7-5-3-2-4-6-7;;;/h22-25,32-33,35,37,40-42H,7-21H2,1-6H3;1-6H;2*1H;/q;;;;+2/p-2. The molecule has 4 aliphatic rings. The summed E-state index contributed by atoms with van der Waals surface area (Å²) in [6.45, 7) is 16.7. The molecule has 1 heterocycles. The van der Waals surface area contributed by atoms with Crippen LogP contribution < -0.4 is 40.8 Å². The number of benzene rings is 3. The van der Waals surface area contributed by atoms with E-state index in [1.165, 1.54) is 117 Å². The van der Waals surface area contributed by atoms with Gasteiger partial charge in [-0.1, -0.05) is 0 Å².